The molecular weight excluding hydrogens is 257 g/mol. The molecule has 0 bridgehead atoms. The Kier molecular flexibility index (Phi) is 6.56. The molecule has 3 atom stereocenters. The van der Waals surface area contributed by atoms with E-state index in [1.54, 1.807) is 0 Å². The second-order valence-electron chi connectivity index (χ2n) is 5.46. The zero-order valence-electron chi connectivity index (χ0n) is 11.5. The summed E-state index contributed by atoms with van der Waals surface area (Å²) in [6, 6.07) is -0.155. The number of nitrogens with two attached hydrogens (primary N) is 1. The predicted octanol–water partition coefficient (Wildman–Crippen LogP) is 2.00. The van der Waals surface area contributed by atoms with E-state index in [1.165, 1.54) is 4.90 Å². The molecule has 1 rings (SSSR count). The summed E-state index contributed by atoms with van der Waals surface area (Å²) in [7, 11) is 0. The molecule has 0 spiro atoms. The molecule has 1 aliphatic carbocycles. The number of aliphatic hydroxyl groups excluding tert-OH is 1. The first-order valence-corrected chi connectivity index (χ1v) is 7.03. The van der Waals surface area contributed by atoms with E-state index < -0.39 is 12.7 Å². The van der Waals surface area contributed by atoms with Crippen molar-refractivity contribution in [2.24, 2.45) is 17.6 Å². The van der Waals surface area contributed by atoms with Gasteiger partial charge in [-0.15, -0.1) is 0 Å². The highest BCUT2D eigenvalue weighted by molar-refractivity contribution is 4.88. The average Bonchev–Trinajstić information content (AvgIpc) is 2.36. The van der Waals surface area contributed by atoms with Crippen LogP contribution in [0.25, 0.3) is 0 Å². The summed E-state index contributed by atoms with van der Waals surface area (Å²) in [5, 5.41) is 9.01. The molecule has 3 unspecified atom stereocenters. The minimum atomic E-state index is -4.23. The van der Waals surface area contributed by atoms with E-state index >= 15 is 0 Å². The van der Waals surface area contributed by atoms with Crippen LogP contribution in [0, 0.1) is 11.8 Å². The maximum atomic E-state index is 12.6. The van der Waals surface area contributed by atoms with Crippen molar-refractivity contribution < 1.29 is 18.3 Å². The number of hydrogen-bond acceptors (Lipinski definition) is 3. The van der Waals surface area contributed by atoms with Crippen LogP contribution < -0.4 is 5.73 Å². The standard InChI is InChI=1S/C13H25F3N2O/c1-2-10-3-4-11(8-17)12(7-10)18(5-6-19)9-13(14,15)16/h10-12,19H,2-9,17H2,1H3. The van der Waals surface area contributed by atoms with Crippen LogP contribution >= 0.6 is 0 Å². The van der Waals surface area contributed by atoms with Crippen LogP contribution in [0.4, 0.5) is 13.2 Å². The molecule has 6 heteroatoms. The molecule has 1 fully saturated rings. The lowest BCUT2D eigenvalue weighted by Gasteiger charge is -2.42. The molecule has 0 aromatic carbocycles. The smallest absolute Gasteiger partial charge is 0.395 e. The van der Waals surface area contributed by atoms with Crippen LogP contribution in [0.1, 0.15) is 32.6 Å². The quantitative estimate of drug-likeness (QED) is 0.783. The van der Waals surface area contributed by atoms with Gasteiger partial charge in [-0.25, -0.2) is 0 Å². The fourth-order valence-corrected chi connectivity index (χ4v) is 3.11. The van der Waals surface area contributed by atoms with Crippen LogP contribution in [-0.4, -0.2) is 48.5 Å². The van der Waals surface area contributed by atoms with Crippen LogP contribution in [0.15, 0.2) is 0 Å². The summed E-state index contributed by atoms with van der Waals surface area (Å²) in [6.07, 6.45) is -0.540. The topological polar surface area (TPSA) is 49.5 Å². The normalized spacial score (nSPS) is 28.9. The number of rotatable bonds is 6. The van der Waals surface area contributed by atoms with Crippen LogP contribution in [0.2, 0.25) is 0 Å². The van der Waals surface area contributed by atoms with Crippen LogP contribution in [0.5, 0.6) is 0 Å². The van der Waals surface area contributed by atoms with Crippen LogP contribution in [-0.2, 0) is 0 Å². The number of hydrogen-bond donors (Lipinski definition) is 2. The van der Waals surface area contributed by atoms with Gasteiger partial charge >= 0.3 is 6.18 Å². The first-order valence-electron chi connectivity index (χ1n) is 7.03. The summed E-state index contributed by atoms with van der Waals surface area (Å²) >= 11 is 0. The van der Waals surface area contributed by atoms with Gasteiger partial charge in [0.15, 0.2) is 0 Å². The molecule has 1 saturated carbocycles. The molecule has 114 valence electrons. The zero-order valence-corrected chi connectivity index (χ0v) is 11.5. The number of aliphatic hydroxyl groups is 1. The minimum Gasteiger partial charge on any atom is -0.395 e. The van der Waals surface area contributed by atoms with E-state index in [0.29, 0.717) is 12.5 Å². The predicted molar refractivity (Wildman–Crippen MR) is 68.7 cm³/mol. The molecule has 3 N–H and O–H groups in total. The van der Waals surface area contributed by atoms with Crippen LogP contribution in [0.3, 0.4) is 0 Å². The van der Waals surface area contributed by atoms with Crippen molar-refractivity contribution >= 4 is 0 Å². The number of alkyl halides is 3. The molecule has 0 amide bonds. The Balaban J connectivity index is 2.76. The average molecular weight is 282 g/mol. The van der Waals surface area contributed by atoms with Gasteiger partial charge in [0.25, 0.3) is 0 Å². The summed E-state index contributed by atoms with van der Waals surface area (Å²) in [5.41, 5.74) is 5.71. The van der Waals surface area contributed by atoms with Crippen molar-refractivity contribution in [3.8, 4) is 0 Å². The summed E-state index contributed by atoms with van der Waals surface area (Å²) in [5.74, 6) is 0.582. The Bertz CT molecular complexity index is 261. The van der Waals surface area contributed by atoms with Crippen molar-refractivity contribution in [3.05, 3.63) is 0 Å². The first-order chi connectivity index (χ1) is 8.91. The Morgan fingerprint density at radius 2 is 2.00 bits per heavy atom. The molecule has 0 aromatic rings. The molecule has 0 heterocycles. The summed E-state index contributed by atoms with van der Waals surface area (Å²) in [4.78, 5) is 1.37. The van der Waals surface area contributed by atoms with Gasteiger partial charge in [-0.3, -0.25) is 4.90 Å². The third kappa shape index (κ3) is 5.28. The SMILES string of the molecule is CCC1CCC(CN)C(N(CCO)CC(F)(F)F)C1. The third-order valence-electron chi connectivity index (χ3n) is 4.18. The van der Waals surface area contributed by atoms with Crippen molar-refractivity contribution in [2.45, 2.75) is 44.8 Å². The Labute approximate surface area is 113 Å². The number of halogens is 3. The molecule has 0 radical (unpaired) electrons. The van der Waals surface area contributed by atoms with E-state index in [4.69, 9.17) is 10.8 Å². The highest BCUT2D eigenvalue weighted by atomic mass is 19.4. The lowest BCUT2D eigenvalue weighted by molar-refractivity contribution is -0.156. The molecule has 0 aliphatic heterocycles. The molecule has 0 aromatic heterocycles. The van der Waals surface area contributed by atoms with E-state index in [1.807, 2.05) is 0 Å². The number of nitrogens with zero attached hydrogens (tertiary/aromatic N) is 1. The Morgan fingerprint density at radius 3 is 2.47 bits per heavy atom. The summed E-state index contributed by atoms with van der Waals surface area (Å²) in [6.45, 7) is 1.36. The molecule has 19 heavy (non-hydrogen) atoms. The zero-order chi connectivity index (χ0) is 14.5. The van der Waals surface area contributed by atoms with Gasteiger partial charge in [-0.2, -0.15) is 13.2 Å². The molecule has 0 saturated heterocycles. The lowest BCUT2D eigenvalue weighted by atomic mass is 9.76. The van der Waals surface area contributed by atoms with E-state index in [2.05, 4.69) is 6.92 Å². The molecular formula is C13H25F3N2O. The summed E-state index contributed by atoms with van der Waals surface area (Å²) < 4.78 is 37.9. The lowest BCUT2D eigenvalue weighted by Crippen LogP contribution is -2.50. The first kappa shape index (κ1) is 16.7. The second kappa shape index (κ2) is 7.45. The van der Waals surface area contributed by atoms with Gasteiger partial charge in [0.2, 0.25) is 0 Å². The van der Waals surface area contributed by atoms with Gasteiger partial charge in [0, 0.05) is 12.6 Å². The van der Waals surface area contributed by atoms with Crippen molar-refractivity contribution in [1.29, 1.82) is 0 Å². The largest absolute Gasteiger partial charge is 0.401 e. The fraction of sp³-hybridized carbons (Fsp3) is 1.00. The second-order valence-corrected chi connectivity index (χ2v) is 5.46. The van der Waals surface area contributed by atoms with E-state index in [-0.39, 0.29) is 25.1 Å². The maximum Gasteiger partial charge on any atom is 0.401 e. The highest BCUT2D eigenvalue weighted by Gasteiger charge is 2.38. The highest BCUT2D eigenvalue weighted by Crippen LogP contribution is 2.34. The minimum absolute atomic E-state index is 0.0666. The van der Waals surface area contributed by atoms with E-state index in [0.717, 1.165) is 25.7 Å². The van der Waals surface area contributed by atoms with Gasteiger partial charge in [0.05, 0.1) is 13.2 Å². The molecule has 3 nitrogen and oxygen atoms in total. The Hall–Kier alpha value is -0.330. The Morgan fingerprint density at radius 1 is 1.32 bits per heavy atom. The monoisotopic (exact) mass is 282 g/mol. The van der Waals surface area contributed by atoms with Crippen molar-refractivity contribution in [2.75, 3.05) is 26.2 Å². The van der Waals surface area contributed by atoms with Gasteiger partial charge in [-0.1, -0.05) is 19.8 Å². The van der Waals surface area contributed by atoms with Crippen molar-refractivity contribution in [3.63, 3.8) is 0 Å². The molecule has 1 aliphatic rings. The van der Waals surface area contributed by atoms with Gasteiger partial charge in [-0.05, 0) is 31.2 Å². The fourth-order valence-electron chi connectivity index (χ4n) is 3.11. The maximum absolute atomic E-state index is 12.6. The third-order valence-corrected chi connectivity index (χ3v) is 4.18. The van der Waals surface area contributed by atoms with E-state index in [9.17, 15) is 13.2 Å². The van der Waals surface area contributed by atoms with Crippen molar-refractivity contribution in [1.82, 2.24) is 4.90 Å². The van der Waals surface area contributed by atoms with Gasteiger partial charge < -0.3 is 10.8 Å². The van der Waals surface area contributed by atoms with Gasteiger partial charge in [0.1, 0.15) is 0 Å².